The molecule has 0 aliphatic rings. The van der Waals surface area contributed by atoms with E-state index in [-0.39, 0.29) is 0 Å². The summed E-state index contributed by atoms with van der Waals surface area (Å²) in [5, 5.41) is 0. The monoisotopic (exact) mass is 201 g/mol. The van der Waals surface area contributed by atoms with Gasteiger partial charge in [0.2, 0.25) is 5.88 Å². The van der Waals surface area contributed by atoms with Crippen molar-refractivity contribution >= 4 is 15.9 Å². The highest BCUT2D eigenvalue weighted by molar-refractivity contribution is 9.10. The zero-order valence-corrected chi connectivity index (χ0v) is 7.47. The van der Waals surface area contributed by atoms with Crippen LogP contribution >= 0.6 is 15.9 Å². The van der Waals surface area contributed by atoms with Crippen LogP contribution in [0.5, 0.6) is 5.88 Å². The van der Waals surface area contributed by atoms with E-state index < -0.39 is 0 Å². The molecule has 0 aliphatic carbocycles. The fourth-order valence-corrected chi connectivity index (χ4v) is 0.988. The second-order valence-corrected chi connectivity index (χ2v) is 2.78. The van der Waals surface area contributed by atoms with Crippen molar-refractivity contribution in [2.45, 2.75) is 6.92 Å². The minimum Gasteiger partial charge on any atom is -0.481 e. The maximum absolute atomic E-state index is 4.98. The number of hydrogen-bond acceptors (Lipinski definition) is 2. The van der Waals surface area contributed by atoms with Crippen molar-refractivity contribution in [3.8, 4) is 5.88 Å². The maximum Gasteiger partial charge on any atom is 0.217 e. The summed E-state index contributed by atoms with van der Waals surface area (Å²) in [5.74, 6) is 0.675. The van der Waals surface area contributed by atoms with Gasteiger partial charge in [0, 0.05) is 16.2 Å². The van der Waals surface area contributed by atoms with E-state index in [9.17, 15) is 0 Å². The summed E-state index contributed by atoms with van der Waals surface area (Å²) in [6.07, 6.45) is 1.70. The quantitative estimate of drug-likeness (QED) is 0.696. The molecular weight excluding hydrogens is 194 g/mol. The van der Waals surface area contributed by atoms with Gasteiger partial charge in [0.1, 0.15) is 0 Å². The van der Waals surface area contributed by atoms with Gasteiger partial charge in [-0.1, -0.05) is 15.9 Å². The van der Waals surface area contributed by atoms with E-state index >= 15 is 0 Å². The van der Waals surface area contributed by atoms with Crippen molar-refractivity contribution in [2.75, 3.05) is 7.11 Å². The number of pyridine rings is 1. The molecule has 0 unspecified atom stereocenters. The summed E-state index contributed by atoms with van der Waals surface area (Å²) in [7, 11) is 1.61. The Labute approximate surface area is 68.4 Å². The van der Waals surface area contributed by atoms with Crippen LogP contribution in [0.2, 0.25) is 0 Å². The van der Waals surface area contributed by atoms with Gasteiger partial charge in [0.15, 0.2) is 0 Å². The second kappa shape index (κ2) is 3.01. The van der Waals surface area contributed by atoms with Crippen LogP contribution in [0.15, 0.2) is 16.7 Å². The molecule has 0 amide bonds. The second-order valence-electron chi connectivity index (χ2n) is 1.93. The normalized spacial score (nSPS) is 9.50. The molecule has 1 rings (SSSR count). The van der Waals surface area contributed by atoms with Crippen LogP contribution in [-0.4, -0.2) is 12.1 Å². The minimum absolute atomic E-state index is 0.675. The van der Waals surface area contributed by atoms with Crippen molar-refractivity contribution in [2.24, 2.45) is 0 Å². The van der Waals surface area contributed by atoms with Crippen molar-refractivity contribution in [3.63, 3.8) is 0 Å². The van der Waals surface area contributed by atoms with Crippen LogP contribution in [0.1, 0.15) is 5.56 Å². The lowest BCUT2D eigenvalue weighted by Gasteiger charge is -2.02. The molecule has 0 bridgehead atoms. The average molecular weight is 202 g/mol. The largest absolute Gasteiger partial charge is 0.481 e. The van der Waals surface area contributed by atoms with Crippen molar-refractivity contribution in [3.05, 3.63) is 22.3 Å². The Morgan fingerprint density at radius 1 is 1.60 bits per heavy atom. The molecule has 1 heterocycles. The molecule has 0 aromatic carbocycles. The van der Waals surface area contributed by atoms with E-state index in [1.165, 1.54) is 0 Å². The van der Waals surface area contributed by atoms with Crippen LogP contribution in [0, 0.1) is 6.92 Å². The van der Waals surface area contributed by atoms with Gasteiger partial charge in [-0.3, -0.25) is 0 Å². The summed E-state index contributed by atoms with van der Waals surface area (Å²) in [6, 6.07) is 1.89. The Hall–Kier alpha value is -0.570. The molecule has 0 saturated carbocycles. The Morgan fingerprint density at radius 2 is 2.30 bits per heavy atom. The lowest BCUT2D eigenvalue weighted by molar-refractivity contribution is 0.394. The number of halogens is 1. The fraction of sp³-hybridized carbons (Fsp3) is 0.286. The molecule has 0 aliphatic heterocycles. The molecule has 3 heteroatoms. The highest BCUT2D eigenvalue weighted by Crippen LogP contribution is 2.21. The summed E-state index contributed by atoms with van der Waals surface area (Å²) < 4.78 is 6.01. The van der Waals surface area contributed by atoms with Crippen molar-refractivity contribution in [1.82, 2.24) is 4.98 Å². The maximum atomic E-state index is 4.98. The Morgan fingerprint density at radius 3 is 2.80 bits per heavy atom. The van der Waals surface area contributed by atoms with Gasteiger partial charge in [-0.2, -0.15) is 0 Å². The molecular formula is C7H8BrNO. The van der Waals surface area contributed by atoms with E-state index in [4.69, 9.17) is 4.74 Å². The number of methoxy groups -OCH3 is 1. The smallest absolute Gasteiger partial charge is 0.217 e. The first kappa shape index (κ1) is 7.54. The predicted octanol–water partition coefficient (Wildman–Crippen LogP) is 2.16. The molecule has 54 valence electrons. The van der Waals surface area contributed by atoms with Crippen LogP contribution in [-0.2, 0) is 0 Å². The number of aromatic nitrogens is 1. The zero-order valence-electron chi connectivity index (χ0n) is 5.89. The molecule has 10 heavy (non-hydrogen) atoms. The molecule has 1 aromatic rings. The van der Waals surface area contributed by atoms with Gasteiger partial charge in [-0.25, -0.2) is 4.98 Å². The molecule has 0 radical (unpaired) electrons. The third-order valence-electron chi connectivity index (χ3n) is 1.29. The van der Waals surface area contributed by atoms with E-state index in [0.717, 1.165) is 10.0 Å². The van der Waals surface area contributed by atoms with Gasteiger partial charge in [0.25, 0.3) is 0 Å². The lowest BCUT2D eigenvalue weighted by Crippen LogP contribution is -1.90. The summed E-state index contributed by atoms with van der Waals surface area (Å²) in [4.78, 5) is 4.01. The van der Waals surface area contributed by atoms with E-state index in [2.05, 4.69) is 20.9 Å². The van der Waals surface area contributed by atoms with Gasteiger partial charge in [-0.05, 0) is 13.0 Å². The van der Waals surface area contributed by atoms with Crippen LogP contribution in [0.25, 0.3) is 0 Å². The van der Waals surface area contributed by atoms with Gasteiger partial charge in [-0.15, -0.1) is 0 Å². The van der Waals surface area contributed by atoms with Crippen LogP contribution < -0.4 is 4.74 Å². The van der Waals surface area contributed by atoms with E-state index in [0.29, 0.717) is 5.88 Å². The number of nitrogens with zero attached hydrogens (tertiary/aromatic N) is 1. The molecule has 1 aromatic heterocycles. The minimum atomic E-state index is 0.675. The predicted molar refractivity (Wildman–Crippen MR) is 43.2 cm³/mol. The third-order valence-corrected chi connectivity index (χ3v) is 2.14. The first-order valence-corrected chi connectivity index (χ1v) is 3.70. The molecule has 2 nitrogen and oxygen atoms in total. The lowest BCUT2D eigenvalue weighted by atomic mass is 10.3. The van der Waals surface area contributed by atoms with Crippen molar-refractivity contribution < 1.29 is 4.74 Å². The van der Waals surface area contributed by atoms with Crippen molar-refractivity contribution in [1.29, 1.82) is 0 Å². The highest BCUT2D eigenvalue weighted by Gasteiger charge is 2.00. The number of rotatable bonds is 1. The molecule has 0 N–H and O–H groups in total. The highest BCUT2D eigenvalue weighted by atomic mass is 79.9. The number of ether oxygens (including phenoxy) is 1. The van der Waals surface area contributed by atoms with Gasteiger partial charge >= 0.3 is 0 Å². The van der Waals surface area contributed by atoms with Crippen LogP contribution in [0.4, 0.5) is 0 Å². The Kier molecular flexibility index (Phi) is 2.27. The van der Waals surface area contributed by atoms with E-state index in [1.54, 1.807) is 13.3 Å². The Balaban J connectivity index is 3.14. The van der Waals surface area contributed by atoms with Crippen LogP contribution in [0.3, 0.4) is 0 Å². The fourth-order valence-electron chi connectivity index (χ4n) is 0.700. The first-order valence-electron chi connectivity index (χ1n) is 2.91. The van der Waals surface area contributed by atoms with Gasteiger partial charge < -0.3 is 4.74 Å². The zero-order chi connectivity index (χ0) is 7.56. The summed E-state index contributed by atoms with van der Waals surface area (Å²) in [5.41, 5.74) is 1.03. The topological polar surface area (TPSA) is 22.1 Å². The molecule has 0 saturated heterocycles. The van der Waals surface area contributed by atoms with Gasteiger partial charge in [0.05, 0.1) is 7.11 Å². The SMILES string of the molecule is COc1nccc(Br)c1C. The molecule has 0 fully saturated rings. The van der Waals surface area contributed by atoms with E-state index in [1.807, 2.05) is 13.0 Å². The third kappa shape index (κ3) is 1.29. The standard InChI is InChI=1S/C7H8BrNO/c1-5-6(8)3-4-9-7(5)10-2/h3-4H,1-2H3. The average Bonchev–Trinajstić information content (AvgIpc) is 1.95. The summed E-state index contributed by atoms with van der Waals surface area (Å²) >= 11 is 3.37. The number of hydrogen-bond donors (Lipinski definition) is 0. The Bertz CT molecular complexity index is 237. The summed E-state index contributed by atoms with van der Waals surface area (Å²) in [6.45, 7) is 1.95. The molecule has 0 atom stereocenters. The molecule has 0 spiro atoms. The first-order chi connectivity index (χ1) is 4.75.